The molecule has 0 aliphatic carbocycles. The molecule has 68 valence electrons. The maximum absolute atomic E-state index is 10.8. The third kappa shape index (κ3) is 1.61. The average molecular weight is 252 g/mol. The Bertz CT molecular complexity index is 242. The third-order valence-corrected chi connectivity index (χ3v) is 4.14. The number of aliphatic carboxylic acids is 1. The Balaban J connectivity index is 2.95. The fraction of sp³-hybridized carbons (Fsp3) is 0.571. The van der Waals surface area contributed by atoms with Crippen LogP contribution in [0.4, 0.5) is 0 Å². The Morgan fingerprint density at radius 2 is 2.42 bits per heavy atom. The Labute approximate surface area is 83.9 Å². The van der Waals surface area contributed by atoms with Crippen molar-refractivity contribution in [3.8, 4) is 0 Å². The minimum Gasteiger partial charge on any atom is -0.477 e. The Morgan fingerprint density at radius 1 is 1.83 bits per heavy atom. The van der Waals surface area contributed by atoms with Crippen LogP contribution in [0.2, 0.25) is 0 Å². The van der Waals surface area contributed by atoms with Crippen LogP contribution >= 0.6 is 27.7 Å². The van der Waals surface area contributed by atoms with Crippen LogP contribution in [-0.4, -0.2) is 27.3 Å². The summed E-state index contributed by atoms with van der Waals surface area (Å²) >= 11 is 4.93. The maximum atomic E-state index is 10.8. The zero-order chi connectivity index (χ0) is 9.30. The van der Waals surface area contributed by atoms with Crippen molar-refractivity contribution in [3.63, 3.8) is 0 Å². The molecule has 1 unspecified atom stereocenters. The first-order valence-corrected chi connectivity index (χ1v) is 5.37. The van der Waals surface area contributed by atoms with E-state index in [9.17, 15) is 4.79 Å². The second kappa shape index (κ2) is 3.70. The molecule has 1 atom stereocenters. The van der Waals surface area contributed by atoms with Gasteiger partial charge in [0.25, 0.3) is 0 Å². The van der Waals surface area contributed by atoms with Gasteiger partial charge in [0.1, 0.15) is 9.98 Å². The molecule has 0 amide bonds. The van der Waals surface area contributed by atoms with Crippen LogP contribution in [0.1, 0.15) is 13.3 Å². The molecule has 0 fully saturated rings. The number of likely N-dealkylation sites (N-methyl/N-ethyl adjacent to an activating group) is 1. The lowest BCUT2D eigenvalue weighted by Gasteiger charge is -2.16. The molecule has 1 rings (SSSR count). The van der Waals surface area contributed by atoms with Crippen molar-refractivity contribution >= 4 is 33.7 Å². The number of carbonyl (C=O) groups is 1. The highest BCUT2D eigenvalue weighted by atomic mass is 79.9. The summed E-state index contributed by atoms with van der Waals surface area (Å²) in [5, 5.41) is 8.87. The van der Waals surface area contributed by atoms with Crippen molar-refractivity contribution in [3.05, 3.63) is 10.6 Å². The van der Waals surface area contributed by atoms with Crippen molar-refractivity contribution in [2.45, 2.75) is 17.6 Å². The highest BCUT2D eigenvalue weighted by molar-refractivity contribution is 9.11. The van der Waals surface area contributed by atoms with Gasteiger partial charge in [-0.1, -0.05) is 34.6 Å². The first-order valence-electron chi connectivity index (χ1n) is 3.58. The summed E-state index contributed by atoms with van der Waals surface area (Å²) in [4.78, 5) is 13.5. The number of hydrogen-bond donors (Lipinski definition) is 1. The summed E-state index contributed by atoms with van der Waals surface area (Å²) in [7, 11) is 1.78. The lowest BCUT2D eigenvalue weighted by Crippen LogP contribution is -2.23. The quantitative estimate of drug-likeness (QED) is 0.603. The second-order valence-electron chi connectivity index (χ2n) is 2.45. The Hall–Kier alpha value is -0.160. The number of rotatable bonds is 2. The molecule has 0 radical (unpaired) electrons. The van der Waals surface area contributed by atoms with Crippen LogP contribution in [0, 0.1) is 0 Å². The molecule has 1 aliphatic heterocycles. The molecule has 0 aromatic heterocycles. The summed E-state index contributed by atoms with van der Waals surface area (Å²) in [5.41, 5.74) is 0.421. The van der Waals surface area contributed by atoms with E-state index in [4.69, 9.17) is 5.11 Å². The highest BCUT2D eigenvalue weighted by Gasteiger charge is 2.31. The normalized spacial score (nSPS) is 23.6. The first kappa shape index (κ1) is 9.92. The minimum atomic E-state index is -0.844. The average Bonchev–Trinajstić information content (AvgIpc) is 2.28. The summed E-state index contributed by atoms with van der Waals surface area (Å²) < 4.78 is 0.0681. The van der Waals surface area contributed by atoms with Crippen molar-refractivity contribution in [2.75, 3.05) is 7.05 Å². The van der Waals surface area contributed by atoms with Crippen LogP contribution in [0.3, 0.4) is 0 Å². The van der Waals surface area contributed by atoms with Gasteiger partial charge in [-0.15, -0.1) is 0 Å². The van der Waals surface area contributed by atoms with E-state index in [2.05, 4.69) is 15.9 Å². The third-order valence-electron chi connectivity index (χ3n) is 1.68. The summed E-state index contributed by atoms with van der Waals surface area (Å²) in [6.45, 7) is 1.96. The number of allylic oxidation sites excluding steroid dienone is 1. The molecule has 0 saturated carbocycles. The number of nitrogens with zero attached hydrogens (tertiary/aromatic N) is 1. The van der Waals surface area contributed by atoms with Crippen LogP contribution in [-0.2, 0) is 4.79 Å². The number of thioether (sulfide) groups is 1. The fourth-order valence-electron chi connectivity index (χ4n) is 1.07. The SMILES string of the molecule is CCC1=C(C(=O)O)N(C)C(Br)S1. The molecule has 0 aromatic carbocycles. The van der Waals surface area contributed by atoms with Crippen molar-refractivity contribution in [1.82, 2.24) is 4.90 Å². The molecule has 1 N–H and O–H groups in total. The zero-order valence-corrected chi connectivity index (χ0v) is 9.28. The van der Waals surface area contributed by atoms with Gasteiger partial charge in [0.15, 0.2) is 0 Å². The molecule has 0 saturated heterocycles. The fourth-order valence-corrected chi connectivity index (χ4v) is 2.96. The van der Waals surface area contributed by atoms with Crippen LogP contribution in [0.25, 0.3) is 0 Å². The van der Waals surface area contributed by atoms with Crippen molar-refractivity contribution in [2.24, 2.45) is 0 Å². The first-order chi connectivity index (χ1) is 5.57. The van der Waals surface area contributed by atoms with E-state index < -0.39 is 5.97 Å². The zero-order valence-electron chi connectivity index (χ0n) is 6.87. The van der Waals surface area contributed by atoms with Crippen molar-refractivity contribution in [1.29, 1.82) is 0 Å². The van der Waals surface area contributed by atoms with Crippen molar-refractivity contribution < 1.29 is 9.90 Å². The van der Waals surface area contributed by atoms with Gasteiger partial charge in [0.2, 0.25) is 0 Å². The van der Waals surface area contributed by atoms with Gasteiger partial charge < -0.3 is 10.0 Å². The molecule has 12 heavy (non-hydrogen) atoms. The van der Waals surface area contributed by atoms with Gasteiger partial charge in [-0.05, 0) is 6.42 Å². The van der Waals surface area contributed by atoms with Crippen LogP contribution < -0.4 is 0 Å². The largest absolute Gasteiger partial charge is 0.477 e. The molecular formula is C7H10BrNO2S. The second-order valence-corrected chi connectivity index (χ2v) is 5.10. The van der Waals surface area contributed by atoms with Gasteiger partial charge in [0.05, 0.1) is 0 Å². The topological polar surface area (TPSA) is 40.5 Å². The molecule has 5 heteroatoms. The lowest BCUT2D eigenvalue weighted by atomic mass is 10.3. The summed E-state index contributed by atoms with van der Waals surface area (Å²) in [6, 6.07) is 0. The number of alkyl halides is 1. The number of hydrogen-bond acceptors (Lipinski definition) is 3. The predicted octanol–water partition coefficient (Wildman–Crippen LogP) is 2.05. The number of halogens is 1. The van der Waals surface area contributed by atoms with E-state index in [-0.39, 0.29) is 4.28 Å². The van der Waals surface area contributed by atoms with Gasteiger partial charge in [-0.3, -0.25) is 0 Å². The Kier molecular flexibility index (Phi) is 3.06. The molecule has 3 nitrogen and oxygen atoms in total. The summed E-state index contributed by atoms with van der Waals surface area (Å²) in [5.74, 6) is -0.844. The molecule has 0 aromatic rings. The van der Waals surface area contributed by atoms with E-state index in [1.165, 1.54) is 0 Å². The van der Waals surface area contributed by atoms with E-state index in [0.717, 1.165) is 11.3 Å². The standard InChI is InChI=1S/C7H10BrNO2S/c1-3-4-5(6(10)11)9(2)7(8)12-4/h7H,3H2,1-2H3,(H,10,11). The number of carboxylic acid groups (broad SMARTS) is 1. The molecule has 0 spiro atoms. The van der Waals surface area contributed by atoms with E-state index in [1.54, 1.807) is 23.7 Å². The highest BCUT2D eigenvalue weighted by Crippen LogP contribution is 2.41. The summed E-state index contributed by atoms with van der Waals surface area (Å²) in [6.07, 6.45) is 0.777. The van der Waals surface area contributed by atoms with Gasteiger partial charge in [0, 0.05) is 12.0 Å². The van der Waals surface area contributed by atoms with E-state index in [0.29, 0.717) is 5.70 Å². The number of carboxylic acids is 1. The monoisotopic (exact) mass is 251 g/mol. The smallest absolute Gasteiger partial charge is 0.353 e. The molecule has 1 heterocycles. The molecular weight excluding hydrogens is 242 g/mol. The van der Waals surface area contributed by atoms with Gasteiger partial charge in [-0.25, -0.2) is 4.79 Å². The minimum absolute atomic E-state index is 0.0681. The van der Waals surface area contributed by atoms with E-state index in [1.807, 2.05) is 6.92 Å². The van der Waals surface area contributed by atoms with Crippen LogP contribution in [0.5, 0.6) is 0 Å². The van der Waals surface area contributed by atoms with Gasteiger partial charge >= 0.3 is 5.97 Å². The Morgan fingerprint density at radius 3 is 2.75 bits per heavy atom. The predicted molar refractivity (Wildman–Crippen MR) is 53.0 cm³/mol. The molecule has 1 aliphatic rings. The lowest BCUT2D eigenvalue weighted by molar-refractivity contribution is -0.134. The molecule has 0 bridgehead atoms. The van der Waals surface area contributed by atoms with Crippen LogP contribution in [0.15, 0.2) is 10.6 Å². The maximum Gasteiger partial charge on any atom is 0.353 e. The van der Waals surface area contributed by atoms with E-state index >= 15 is 0 Å². The van der Waals surface area contributed by atoms with Gasteiger partial charge in [-0.2, -0.15) is 0 Å².